The Morgan fingerprint density at radius 1 is 1.04 bits per heavy atom. The molecule has 1 atom stereocenters. The van der Waals surface area contributed by atoms with Crippen molar-refractivity contribution in [3.8, 4) is 0 Å². The Morgan fingerprint density at radius 2 is 1.69 bits per heavy atom. The second-order valence-corrected chi connectivity index (χ2v) is 5.71. The van der Waals surface area contributed by atoms with Gasteiger partial charge in [0.15, 0.2) is 0 Å². The van der Waals surface area contributed by atoms with E-state index >= 15 is 0 Å². The zero-order chi connectivity index (χ0) is 17.4. The Balaban J connectivity index is 0.00000312. The molecule has 2 aromatic rings. The number of rotatable bonds is 9. The Kier molecular flexibility index (Phi) is 11.4. The molecule has 0 amide bonds. The molecule has 0 aromatic heterocycles. The molecule has 0 aliphatic carbocycles. The molecule has 142 valence electrons. The molecule has 0 saturated heterocycles. The van der Waals surface area contributed by atoms with E-state index in [0.29, 0.717) is 13.0 Å². The Hall–Kier alpha value is -2.01. The number of carboxylic acids is 1. The third-order valence-electron chi connectivity index (χ3n) is 3.92. The second kappa shape index (κ2) is 12.4. The van der Waals surface area contributed by atoms with Crippen LogP contribution < -0.4 is 10.6 Å². The largest absolute Gasteiger partial charge is 0.478 e. The molecule has 2 aromatic carbocycles. The fourth-order valence-corrected chi connectivity index (χ4v) is 2.50. The summed E-state index contributed by atoms with van der Waals surface area (Å²) in [6.45, 7) is 6.96. The predicted octanol–water partition coefficient (Wildman–Crippen LogP) is 4.65. The standard InChI is InChI=1S/C20H24N2O2.2ClH/c1-3-19(15(2)20(23)24)22-14-17-10-7-11-18(12-17)21-13-16-8-5-4-6-9-16;;/h4-12,19,21-22H,2-3,13-14H2,1H3,(H,23,24);2*1H. The first kappa shape index (κ1) is 24.0. The van der Waals surface area contributed by atoms with Gasteiger partial charge in [-0.3, -0.25) is 0 Å². The van der Waals surface area contributed by atoms with Gasteiger partial charge in [-0.05, 0) is 29.7 Å². The van der Waals surface area contributed by atoms with Crippen LogP contribution in [0.15, 0.2) is 66.7 Å². The summed E-state index contributed by atoms with van der Waals surface area (Å²) < 4.78 is 0. The van der Waals surface area contributed by atoms with Gasteiger partial charge in [0.2, 0.25) is 0 Å². The van der Waals surface area contributed by atoms with Gasteiger partial charge in [-0.2, -0.15) is 0 Å². The minimum absolute atomic E-state index is 0. The molecular weight excluding hydrogens is 371 g/mol. The fraction of sp³-hybridized carbons (Fsp3) is 0.250. The van der Waals surface area contributed by atoms with Crippen LogP contribution in [0.3, 0.4) is 0 Å². The Morgan fingerprint density at radius 3 is 2.31 bits per heavy atom. The highest BCUT2D eigenvalue weighted by atomic mass is 35.5. The smallest absolute Gasteiger partial charge is 0.332 e. The molecule has 0 aliphatic rings. The molecule has 0 bridgehead atoms. The van der Waals surface area contributed by atoms with E-state index in [9.17, 15) is 4.79 Å². The van der Waals surface area contributed by atoms with E-state index in [1.165, 1.54) is 5.56 Å². The summed E-state index contributed by atoms with van der Waals surface area (Å²) in [5.41, 5.74) is 3.58. The van der Waals surface area contributed by atoms with Crippen LogP contribution in [-0.4, -0.2) is 17.1 Å². The number of nitrogens with one attached hydrogen (secondary N) is 2. The summed E-state index contributed by atoms with van der Waals surface area (Å²) in [4.78, 5) is 11.0. The fourth-order valence-electron chi connectivity index (χ4n) is 2.50. The summed E-state index contributed by atoms with van der Waals surface area (Å²) >= 11 is 0. The third-order valence-corrected chi connectivity index (χ3v) is 3.92. The minimum atomic E-state index is -0.951. The van der Waals surface area contributed by atoms with Crippen LogP contribution in [0, 0.1) is 0 Å². The zero-order valence-corrected chi connectivity index (χ0v) is 16.4. The Bertz CT molecular complexity index is 693. The van der Waals surface area contributed by atoms with Gasteiger partial charge in [0, 0.05) is 30.4 Å². The van der Waals surface area contributed by atoms with E-state index in [-0.39, 0.29) is 36.4 Å². The normalized spacial score (nSPS) is 10.8. The van der Waals surface area contributed by atoms with Gasteiger partial charge in [0.25, 0.3) is 0 Å². The molecule has 0 heterocycles. The second-order valence-electron chi connectivity index (χ2n) is 5.71. The third kappa shape index (κ3) is 7.48. The average molecular weight is 397 g/mol. The highest BCUT2D eigenvalue weighted by Gasteiger charge is 2.15. The van der Waals surface area contributed by atoms with E-state index in [4.69, 9.17) is 5.11 Å². The molecule has 26 heavy (non-hydrogen) atoms. The van der Waals surface area contributed by atoms with Crippen molar-refractivity contribution in [3.05, 3.63) is 77.9 Å². The number of carboxylic acid groups (broad SMARTS) is 1. The lowest BCUT2D eigenvalue weighted by Gasteiger charge is -2.17. The van der Waals surface area contributed by atoms with E-state index in [2.05, 4.69) is 35.4 Å². The maximum absolute atomic E-state index is 11.0. The molecule has 0 aliphatic heterocycles. The molecule has 0 spiro atoms. The summed E-state index contributed by atoms with van der Waals surface area (Å²) in [7, 11) is 0. The van der Waals surface area contributed by atoms with Crippen LogP contribution in [0.1, 0.15) is 24.5 Å². The summed E-state index contributed by atoms with van der Waals surface area (Å²) in [5, 5.41) is 15.7. The minimum Gasteiger partial charge on any atom is -0.478 e. The molecule has 3 N–H and O–H groups in total. The van der Waals surface area contributed by atoms with E-state index in [1.54, 1.807) is 0 Å². The number of aliphatic carboxylic acids is 1. The van der Waals surface area contributed by atoms with Crippen LogP contribution in [0.25, 0.3) is 0 Å². The molecule has 1 unspecified atom stereocenters. The topological polar surface area (TPSA) is 61.4 Å². The van der Waals surface area contributed by atoms with Crippen LogP contribution in [0.2, 0.25) is 0 Å². The first-order valence-corrected chi connectivity index (χ1v) is 8.12. The van der Waals surface area contributed by atoms with Crippen molar-refractivity contribution in [1.29, 1.82) is 0 Å². The highest BCUT2D eigenvalue weighted by molar-refractivity contribution is 5.87. The first-order chi connectivity index (χ1) is 11.6. The summed E-state index contributed by atoms with van der Waals surface area (Å²) in [6, 6.07) is 18.1. The highest BCUT2D eigenvalue weighted by Crippen LogP contribution is 2.13. The van der Waals surface area contributed by atoms with Crippen molar-refractivity contribution in [2.75, 3.05) is 5.32 Å². The SMILES string of the molecule is C=C(C(=O)O)C(CC)NCc1cccc(NCc2ccccc2)c1.Cl.Cl. The number of hydrogen-bond donors (Lipinski definition) is 3. The van der Waals surface area contributed by atoms with Gasteiger partial charge >= 0.3 is 5.97 Å². The van der Waals surface area contributed by atoms with Crippen molar-refractivity contribution < 1.29 is 9.90 Å². The predicted molar refractivity (Wildman–Crippen MR) is 112 cm³/mol. The number of anilines is 1. The van der Waals surface area contributed by atoms with Crippen LogP contribution >= 0.6 is 24.8 Å². The first-order valence-electron chi connectivity index (χ1n) is 8.12. The van der Waals surface area contributed by atoms with Crippen molar-refractivity contribution in [2.45, 2.75) is 32.5 Å². The maximum atomic E-state index is 11.0. The summed E-state index contributed by atoms with van der Waals surface area (Å²) in [5.74, 6) is -0.951. The van der Waals surface area contributed by atoms with Crippen molar-refractivity contribution in [1.82, 2.24) is 5.32 Å². The van der Waals surface area contributed by atoms with Gasteiger partial charge in [0.05, 0.1) is 0 Å². The number of hydrogen-bond acceptors (Lipinski definition) is 3. The lowest BCUT2D eigenvalue weighted by Crippen LogP contribution is -2.32. The lowest BCUT2D eigenvalue weighted by atomic mass is 10.1. The number of halogens is 2. The molecule has 6 heteroatoms. The lowest BCUT2D eigenvalue weighted by molar-refractivity contribution is -0.133. The van der Waals surface area contributed by atoms with Crippen molar-refractivity contribution in [2.24, 2.45) is 0 Å². The number of carbonyl (C=O) groups is 1. The van der Waals surface area contributed by atoms with Crippen molar-refractivity contribution >= 4 is 36.5 Å². The zero-order valence-electron chi connectivity index (χ0n) is 14.8. The molecule has 4 nitrogen and oxygen atoms in total. The maximum Gasteiger partial charge on any atom is 0.332 e. The van der Waals surface area contributed by atoms with Gasteiger partial charge in [-0.1, -0.05) is 56.0 Å². The molecule has 0 radical (unpaired) electrons. The van der Waals surface area contributed by atoms with Gasteiger partial charge in [0.1, 0.15) is 0 Å². The van der Waals surface area contributed by atoms with Gasteiger partial charge in [-0.15, -0.1) is 24.8 Å². The van der Waals surface area contributed by atoms with Gasteiger partial charge in [-0.25, -0.2) is 4.79 Å². The van der Waals surface area contributed by atoms with Crippen LogP contribution in [0.5, 0.6) is 0 Å². The average Bonchev–Trinajstić information content (AvgIpc) is 2.61. The monoisotopic (exact) mass is 396 g/mol. The van der Waals surface area contributed by atoms with E-state index in [1.807, 2.05) is 43.3 Å². The van der Waals surface area contributed by atoms with E-state index in [0.717, 1.165) is 17.8 Å². The number of benzene rings is 2. The molecule has 0 saturated carbocycles. The van der Waals surface area contributed by atoms with E-state index < -0.39 is 5.97 Å². The van der Waals surface area contributed by atoms with Crippen molar-refractivity contribution in [3.63, 3.8) is 0 Å². The molecule has 0 fully saturated rings. The van der Waals surface area contributed by atoms with Crippen LogP contribution in [-0.2, 0) is 17.9 Å². The van der Waals surface area contributed by atoms with Gasteiger partial charge < -0.3 is 15.7 Å². The molecule has 2 rings (SSSR count). The van der Waals surface area contributed by atoms with Crippen LogP contribution in [0.4, 0.5) is 5.69 Å². The quantitative estimate of drug-likeness (QED) is 0.539. The summed E-state index contributed by atoms with van der Waals surface area (Å²) in [6.07, 6.45) is 0.692. The Labute approximate surface area is 167 Å². The molecular formula is C20H26Cl2N2O2.